The van der Waals surface area contributed by atoms with Gasteiger partial charge in [-0.15, -0.1) is 0 Å². The highest BCUT2D eigenvalue weighted by Gasteiger charge is 2.31. The van der Waals surface area contributed by atoms with Gasteiger partial charge in [0.2, 0.25) is 0 Å². The quantitative estimate of drug-likeness (QED) is 0.436. The number of rotatable bonds is 2. The second kappa shape index (κ2) is 6.44. The number of alkyl halides is 3. The van der Waals surface area contributed by atoms with Gasteiger partial charge in [0, 0.05) is 32.5 Å². The summed E-state index contributed by atoms with van der Waals surface area (Å²) in [4.78, 5) is 12.3. The molecule has 0 amide bonds. The fraction of sp³-hybridized carbons (Fsp3) is 0.0588. The first-order valence-electron chi connectivity index (χ1n) is 7.62. The Kier molecular flexibility index (Phi) is 4.21. The summed E-state index contributed by atoms with van der Waals surface area (Å²) in [5.41, 5.74) is 7.18. The Morgan fingerprint density at radius 1 is 1.04 bits per heavy atom. The molecule has 4 rings (SSSR count). The van der Waals surface area contributed by atoms with Crippen LogP contribution in [-0.2, 0) is 6.18 Å². The molecule has 0 bridgehead atoms. The molecule has 4 aromatic rings. The van der Waals surface area contributed by atoms with Crippen molar-refractivity contribution in [3.8, 4) is 16.8 Å². The molecular formula is C17H10F3IN6. The standard InChI is InChI=1S/C17H10F3IN6/c18-17(19,20)9-1-2-13(21)14(5-9)27-16-12(7-26-27)10(3-4-24-16)11-6-23-8-25-15(11)22/h1-8H,(H2,22,23,25). The summed E-state index contributed by atoms with van der Waals surface area (Å²) in [6.07, 6.45) is 1.55. The molecule has 27 heavy (non-hydrogen) atoms. The third-order valence-corrected chi connectivity index (χ3v) is 4.92. The topological polar surface area (TPSA) is 82.5 Å². The first-order valence-corrected chi connectivity index (χ1v) is 8.70. The number of hydrogen-bond acceptors (Lipinski definition) is 5. The number of anilines is 1. The molecule has 136 valence electrons. The van der Waals surface area contributed by atoms with Gasteiger partial charge < -0.3 is 5.73 Å². The number of nitrogen functional groups attached to an aromatic ring is 1. The predicted molar refractivity (Wildman–Crippen MR) is 102 cm³/mol. The molecule has 0 aliphatic heterocycles. The first kappa shape index (κ1) is 17.6. The van der Waals surface area contributed by atoms with Crippen LogP contribution in [0.5, 0.6) is 0 Å². The maximum Gasteiger partial charge on any atom is 0.416 e. The Balaban J connectivity index is 1.94. The van der Waals surface area contributed by atoms with Crippen LogP contribution in [0.25, 0.3) is 27.8 Å². The molecule has 0 spiro atoms. The van der Waals surface area contributed by atoms with Crippen LogP contribution in [-0.4, -0.2) is 24.7 Å². The van der Waals surface area contributed by atoms with E-state index in [1.165, 1.54) is 17.1 Å². The zero-order chi connectivity index (χ0) is 19.2. The molecule has 0 saturated heterocycles. The number of benzene rings is 1. The minimum absolute atomic E-state index is 0.291. The average Bonchev–Trinajstić information content (AvgIpc) is 3.06. The molecule has 6 nitrogen and oxygen atoms in total. The SMILES string of the molecule is Nc1ncncc1-c1ccnc2c1cnn2-c1cc(C(F)(F)F)ccc1I. The molecule has 1 aromatic carbocycles. The Morgan fingerprint density at radius 3 is 2.59 bits per heavy atom. The number of pyridine rings is 1. The van der Waals surface area contributed by atoms with E-state index in [9.17, 15) is 13.2 Å². The molecule has 0 unspecified atom stereocenters. The number of hydrogen-bond donors (Lipinski definition) is 1. The van der Waals surface area contributed by atoms with Crippen LogP contribution >= 0.6 is 22.6 Å². The highest BCUT2D eigenvalue weighted by Crippen LogP contribution is 2.34. The number of nitrogens with two attached hydrogens (primary N) is 1. The molecule has 2 N–H and O–H groups in total. The molecule has 0 fully saturated rings. The van der Waals surface area contributed by atoms with Gasteiger partial charge in [0.25, 0.3) is 0 Å². The van der Waals surface area contributed by atoms with Crippen molar-refractivity contribution in [2.45, 2.75) is 6.18 Å². The molecule has 0 aliphatic rings. The lowest BCUT2D eigenvalue weighted by Crippen LogP contribution is -2.08. The highest BCUT2D eigenvalue weighted by molar-refractivity contribution is 14.1. The van der Waals surface area contributed by atoms with Crippen molar-refractivity contribution in [3.63, 3.8) is 0 Å². The monoisotopic (exact) mass is 482 g/mol. The van der Waals surface area contributed by atoms with E-state index in [4.69, 9.17) is 5.73 Å². The zero-order valence-corrected chi connectivity index (χ0v) is 15.6. The van der Waals surface area contributed by atoms with Crippen molar-refractivity contribution in [2.75, 3.05) is 5.73 Å². The Hall–Kier alpha value is -2.76. The van der Waals surface area contributed by atoms with Crippen molar-refractivity contribution in [1.29, 1.82) is 0 Å². The molecule has 0 saturated carbocycles. The smallest absolute Gasteiger partial charge is 0.383 e. The van der Waals surface area contributed by atoms with Crippen LogP contribution in [0, 0.1) is 3.57 Å². The van der Waals surface area contributed by atoms with Gasteiger partial charge in [-0.25, -0.2) is 19.6 Å². The van der Waals surface area contributed by atoms with Crippen LogP contribution in [0.1, 0.15) is 5.56 Å². The van der Waals surface area contributed by atoms with Gasteiger partial charge in [0.15, 0.2) is 5.65 Å². The summed E-state index contributed by atoms with van der Waals surface area (Å²) >= 11 is 1.97. The summed E-state index contributed by atoms with van der Waals surface area (Å²) in [6.45, 7) is 0. The summed E-state index contributed by atoms with van der Waals surface area (Å²) in [5, 5.41) is 4.90. The zero-order valence-electron chi connectivity index (χ0n) is 13.4. The van der Waals surface area contributed by atoms with E-state index >= 15 is 0 Å². The Morgan fingerprint density at radius 2 is 1.85 bits per heavy atom. The lowest BCUT2D eigenvalue weighted by Gasteiger charge is -2.11. The average molecular weight is 482 g/mol. The van der Waals surface area contributed by atoms with Crippen molar-refractivity contribution < 1.29 is 13.2 Å². The van der Waals surface area contributed by atoms with Gasteiger partial charge in [0.1, 0.15) is 12.1 Å². The van der Waals surface area contributed by atoms with Crippen LogP contribution < -0.4 is 5.73 Å². The van der Waals surface area contributed by atoms with E-state index in [2.05, 4.69) is 20.1 Å². The van der Waals surface area contributed by atoms with Crippen molar-refractivity contribution in [3.05, 3.63) is 58.3 Å². The van der Waals surface area contributed by atoms with E-state index in [0.29, 0.717) is 37.2 Å². The van der Waals surface area contributed by atoms with Gasteiger partial charge in [0.05, 0.1) is 17.4 Å². The van der Waals surface area contributed by atoms with Crippen LogP contribution in [0.2, 0.25) is 0 Å². The van der Waals surface area contributed by atoms with Crippen LogP contribution in [0.4, 0.5) is 19.0 Å². The van der Waals surface area contributed by atoms with E-state index in [0.717, 1.165) is 12.1 Å². The molecule has 0 atom stereocenters. The maximum absolute atomic E-state index is 13.1. The Bertz CT molecular complexity index is 1160. The summed E-state index contributed by atoms with van der Waals surface area (Å²) in [6, 6.07) is 5.24. The van der Waals surface area contributed by atoms with Crippen molar-refractivity contribution in [2.24, 2.45) is 0 Å². The number of aromatic nitrogens is 5. The highest BCUT2D eigenvalue weighted by atomic mass is 127. The predicted octanol–water partition coefficient (Wildman–Crippen LogP) is 4.08. The normalized spacial score (nSPS) is 11.9. The van der Waals surface area contributed by atoms with Gasteiger partial charge in [-0.05, 0) is 46.9 Å². The van der Waals surface area contributed by atoms with Crippen LogP contribution in [0.3, 0.4) is 0 Å². The third-order valence-electron chi connectivity index (χ3n) is 4.01. The number of halogens is 4. The number of fused-ring (bicyclic) bond motifs is 1. The molecule has 0 radical (unpaired) electrons. The number of nitrogens with zero attached hydrogens (tertiary/aromatic N) is 5. The fourth-order valence-electron chi connectivity index (χ4n) is 2.74. The van der Waals surface area contributed by atoms with E-state index < -0.39 is 11.7 Å². The van der Waals surface area contributed by atoms with Gasteiger partial charge >= 0.3 is 6.18 Å². The maximum atomic E-state index is 13.1. The molecule has 3 aromatic heterocycles. The van der Waals surface area contributed by atoms with E-state index in [1.54, 1.807) is 24.7 Å². The van der Waals surface area contributed by atoms with Crippen molar-refractivity contribution in [1.82, 2.24) is 24.7 Å². The van der Waals surface area contributed by atoms with Gasteiger partial charge in [-0.1, -0.05) is 0 Å². The molecule has 10 heteroatoms. The van der Waals surface area contributed by atoms with Gasteiger partial charge in [-0.2, -0.15) is 18.3 Å². The minimum atomic E-state index is -4.45. The second-order valence-electron chi connectivity index (χ2n) is 5.64. The summed E-state index contributed by atoms with van der Waals surface area (Å²) in [5.74, 6) is 0.291. The second-order valence-corrected chi connectivity index (χ2v) is 6.80. The first-order chi connectivity index (χ1) is 12.9. The minimum Gasteiger partial charge on any atom is -0.383 e. The largest absolute Gasteiger partial charge is 0.416 e. The van der Waals surface area contributed by atoms with Crippen molar-refractivity contribution >= 4 is 39.4 Å². The van der Waals surface area contributed by atoms with Crippen LogP contribution in [0.15, 0.2) is 49.2 Å². The third kappa shape index (κ3) is 3.09. The lowest BCUT2D eigenvalue weighted by atomic mass is 10.1. The molecular weight excluding hydrogens is 472 g/mol. The Labute approximate surface area is 164 Å². The lowest BCUT2D eigenvalue weighted by molar-refractivity contribution is -0.137. The van der Waals surface area contributed by atoms with E-state index in [-0.39, 0.29) is 0 Å². The molecule has 3 heterocycles. The van der Waals surface area contributed by atoms with Gasteiger partial charge in [-0.3, -0.25) is 0 Å². The van der Waals surface area contributed by atoms with E-state index in [1.807, 2.05) is 22.6 Å². The summed E-state index contributed by atoms with van der Waals surface area (Å²) in [7, 11) is 0. The molecule has 0 aliphatic carbocycles. The summed E-state index contributed by atoms with van der Waals surface area (Å²) < 4.78 is 41.3. The fourth-order valence-corrected chi connectivity index (χ4v) is 3.30.